The van der Waals surface area contributed by atoms with Crippen molar-refractivity contribution in [1.82, 2.24) is 5.32 Å². The lowest BCUT2D eigenvalue weighted by atomic mass is 9.96. The van der Waals surface area contributed by atoms with Crippen LogP contribution in [0.1, 0.15) is 86.0 Å². The van der Waals surface area contributed by atoms with Crippen molar-refractivity contribution in [2.24, 2.45) is 0 Å². The average Bonchev–Trinajstić information content (AvgIpc) is 2.84. The van der Waals surface area contributed by atoms with Crippen LogP contribution in [-0.2, 0) is 17.6 Å². The number of nitrogens with zero attached hydrogens (tertiary/aromatic N) is 1. The van der Waals surface area contributed by atoms with Gasteiger partial charge in [0.15, 0.2) is 0 Å². The van der Waals surface area contributed by atoms with E-state index in [0.717, 1.165) is 37.1 Å². The molecule has 2 N–H and O–H groups in total. The Morgan fingerprint density at radius 1 is 1.06 bits per heavy atom. The molecule has 1 atom stereocenters. The number of benzene rings is 2. The fourth-order valence-corrected chi connectivity index (χ4v) is 4.92. The Morgan fingerprint density at radius 2 is 1.79 bits per heavy atom. The van der Waals surface area contributed by atoms with Gasteiger partial charge < -0.3 is 20.1 Å². The van der Waals surface area contributed by atoms with E-state index in [4.69, 9.17) is 4.74 Å². The first-order chi connectivity index (χ1) is 16.5. The second-order valence-corrected chi connectivity index (χ2v) is 8.86. The van der Waals surface area contributed by atoms with E-state index in [2.05, 4.69) is 35.3 Å². The van der Waals surface area contributed by atoms with Gasteiger partial charge in [0.25, 0.3) is 0 Å². The molecule has 1 unspecified atom stereocenters. The molecule has 0 radical (unpaired) electrons. The number of hydrogen-bond acceptors (Lipinski definition) is 4. The number of ether oxygens (including phenoxy) is 1. The summed E-state index contributed by atoms with van der Waals surface area (Å²) in [4.78, 5) is 27.4. The molecule has 0 saturated carbocycles. The number of hydrogen-bond donors (Lipinski definition) is 2. The maximum Gasteiger partial charge on any atom is 0.339 e. The van der Waals surface area contributed by atoms with E-state index < -0.39 is 5.97 Å². The summed E-state index contributed by atoms with van der Waals surface area (Å²) >= 11 is 0. The molecule has 2 aromatic rings. The molecule has 1 saturated heterocycles. The molecule has 0 bridgehead atoms. The highest BCUT2D eigenvalue weighted by Crippen LogP contribution is 2.32. The van der Waals surface area contributed by atoms with E-state index in [1.165, 1.54) is 30.5 Å². The normalized spacial score (nSPS) is 14.5. The van der Waals surface area contributed by atoms with Crippen LogP contribution in [0.4, 0.5) is 5.69 Å². The Labute approximate surface area is 203 Å². The Hall–Kier alpha value is -3.02. The highest BCUT2D eigenvalue weighted by atomic mass is 16.5. The standard InChI is InChI=1S/C28H38N2O4/c1-4-12-24(22-13-8-9-14-25(22)30-17-10-7-11-18-30)29-26(31)19-20-15-16-23(28(32)33)27(34-6-3)21(20)5-2/h8-9,13-16,24H,4-7,10-12,17-19H2,1-3H3,(H,29,31)(H,32,33). The predicted octanol–water partition coefficient (Wildman–Crippen LogP) is 5.54. The van der Waals surface area contributed by atoms with Crippen molar-refractivity contribution in [1.29, 1.82) is 0 Å². The van der Waals surface area contributed by atoms with E-state index in [0.29, 0.717) is 18.8 Å². The van der Waals surface area contributed by atoms with Gasteiger partial charge in [0.1, 0.15) is 11.3 Å². The lowest BCUT2D eigenvalue weighted by Crippen LogP contribution is -2.34. The molecule has 1 heterocycles. The first kappa shape index (κ1) is 25.6. The molecule has 3 rings (SSSR count). The minimum absolute atomic E-state index is 0.0629. The van der Waals surface area contributed by atoms with Gasteiger partial charge in [-0.25, -0.2) is 4.79 Å². The molecule has 0 spiro atoms. The van der Waals surface area contributed by atoms with Crippen molar-refractivity contribution in [3.63, 3.8) is 0 Å². The first-order valence-electron chi connectivity index (χ1n) is 12.6. The van der Waals surface area contributed by atoms with E-state index in [9.17, 15) is 14.7 Å². The molecule has 184 valence electrons. The smallest absolute Gasteiger partial charge is 0.339 e. The fraction of sp³-hybridized carbons (Fsp3) is 0.500. The molecule has 1 fully saturated rings. The number of para-hydroxylation sites is 1. The summed E-state index contributed by atoms with van der Waals surface area (Å²) in [6.07, 6.45) is 6.28. The lowest BCUT2D eigenvalue weighted by molar-refractivity contribution is -0.121. The van der Waals surface area contributed by atoms with Crippen LogP contribution < -0.4 is 15.0 Å². The molecular weight excluding hydrogens is 428 g/mol. The van der Waals surface area contributed by atoms with Gasteiger partial charge in [0, 0.05) is 18.8 Å². The number of rotatable bonds is 11. The lowest BCUT2D eigenvalue weighted by Gasteiger charge is -2.33. The zero-order valence-corrected chi connectivity index (χ0v) is 20.7. The van der Waals surface area contributed by atoms with Gasteiger partial charge in [0.05, 0.1) is 19.1 Å². The van der Waals surface area contributed by atoms with Crippen molar-refractivity contribution in [2.45, 2.75) is 71.8 Å². The van der Waals surface area contributed by atoms with Gasteiger partial charge in [-0.1, -0.05) is 44.5 Å². The average molecular weight is 467 g/mol. The molecule has 0 aromatic heterocycles. The zero-order chi connectivity index (χ0) is 24.5. The summed E-state index contributed by atoms with van der Waals surface area (Å²) in [6, 6.07) is 11.7. The number of aromatic carboxylic acids is 1. The van der Waals surface area contributed by atoms with E-state index in [1.807, 2.05) is 19.9 Å². The molecule has 1 aliphatic rings. The second-order valence-electron chi connectivity index (χ2n) is 8.86. The highest BCUT2D eigenvalue weighted by Gasteiger charge is 2.23. The van der Waals surface area contributed by atoms with Crippen LogP contribution >= 0.6 is 0 Å². The largest absolute Gasteiger partial charge is 0.493 e. The van der Waals surface area contributed by atoms with Crippen molar-refractivity contribution >= 4 is 17.6 Å². The number of carboxylic acid groups (broad SMARTS) is 1. The fourth-order valence-electron chi connectivity index (χ4n) is 4.92. The van der Waals surface area contributed by atoms with Crippen LogP contribution in [0.25, 0.3) is 0 Å². The summed E-state index contributed by atoms with van der Waals surface area (Å²) in [7, 11) is 0. The predicted molar refractivity (Wildman–Crippen MR) is 136 cm³/mol. The second kappa shape index (κ2) is 12.4. The Balaban J connectivity index is 1.84. The highest BCUT2D eigenvalue weighted by molar-refractivity contribution is 5.92. The van der Waals surface area contributed by atoms with E-state index in [-0.39, 0.29) is 23.9 Å². The topological polar surface area (TPSA) is 78.9 Å². The molecule has 1 aliphatic heterocycles. The van der Waals surface area contributed by atoms with Crippen LogP contribution in [0, 0.1) is 0 Å². The minimum atomic E-state index is -1.02. The van der Waals surface area contributed by atoms with Gasteiger partial charge in [-0.3, -0.25) is 4.79 Å². The molecule has 2 aromatic carbocycles. The number of nitrogens with one attached hydrogen (secondary N) is 1. The van der Waals surface area contributed by atoms with Gasteiger partial charge in [0.2, 0.25) is 5.91 Å². The maximum absolute atomic E-state index is 13.2. The van der Waals surface area contributed by atoms with E-state index >= 15 is 0 Å². The maximum atomic E-state index is 13.2. The summed E-state index contributed by atoms with van der Waals surface area (Å²) in [6.45, 7) is 8.41. The SMILES string of the molecule is CCCC(NC(=O)Cc1ccc(C(=O)O)c(OCC)c1CC)c1ccccc1N1CCCCC1. The molecule has 6 heteroatoms. The Morgan fingerprint density at radius 3 is 2.44 bits per heavy atom. The third-order valence-corrected chi connectivity index (χ3v) is 6.50. The summed E-state index contributed by atoms with van der Waals surface area (Å²) in [5.74, 6) is -0.707. The quantitative estimate of drug-likeness (QED) is 0.455. The molecule has 0 aliphatic carbocycles. The number of carbonyl (C=O) groups excluding carboxylic acids is 1. The number of piperidine rings is 1. The zero-order valence-electron chi connectivity index (χ0n) is 20.7. The van der Waals surface area contributed by atoms with Gasteiger partial charge in [-0.2, -0.15) is 0 Å². The Bertz CT molecular complexity index is 982. The van der Waals surface area contributed by atoms with Gasteiger partial charge in [-0.05, 0) is 67.9 Å². The Kier molecular flexibility index (Phi) is 9.37. The van der Waals surface area contributed by atoms with Crippen LogP contribution in [0.15, 0.2) is 36.4 Å². The first-order valence-corrected chi connectivity index (χ1v) is 12.6. The molecular formula is C28H38N2O4. The van der Waals surface area contributed by atoms with Gasteiger partial charge in [-0.15, -0.1) is 0 Å². The number of carbonyl (C=O) groups is 2. The van der Waals surface area contributed by atoms with Crippen LogP contribution in [0.3, 0.4) is 0 Å². The molecule has 6 nitrogen and oxygen atoms in total. The van der Waals surface area contributed by atoms with Gasteiger partial charge >= 0.3 is 5.97 Å². The number of amides is 1. The van der Waals surface area contributed by atoms with Crippen LogP contribution in [0.2, 0.25) is 0 Å². The van der Waals surface area contributed by atoms with Crippen molar-refractivity contribution < 1.29 is 19.4 Å². The summed E-state index contributed by atoms with van der Waals surface area (Å²) < 4.78 is 5.70. The third-order valence-electron chi connectivity index (χ3n) is 6.50. The van der Waals surface area contributed by atoms with Crippen molar-refractivity contribution in [3.8, 4) is 5.75 Å². The minimum Gasteiger partial charge on any atom is -0.493 e. The number of anilines is 1. The third kappa shape index (κ3) is 6.10. The molecule has 34 heavy (non-hydrogen) atoms. The molecule has 1 amide bonds. The van der Waals surface area contributed by atoms with Crippen LogP contribution in [0.5, 0.6) is 5.75 Å². The van der Waals surface area contributed by atoms with Crippen molar-refractivity contribution in [3.05, 3.63) is 58.7 Å². The summed E-state index contributed by atoms with van der Waals surface area (Å²) in [5, 5.41) is 12.8. The van der Waals surface area contributed by atoms with Crippen molar-refractivity contribution in [2.75, 3.05) is 24.6 Å². The summed E-state index contributed by atoms with van der Waals surface area (Å²) in [5.41, 5.74) is 4.14. The van der Waals surface area contributed by atoms with E-state index in [1.54, 1.807) is 12.1 Å². The van der Waals surface area contributed by atoms with Crippen LogP contribution in [-0.4, -0.2) is 36.7 Å². The monoisotopic (exact) mass is 466 g/mol. The number of carboxylic acids is 1.